The third-order valence-corrected chi connectivity index (χ3v) is 1.84. The predicted molar refractivity (Wildman–Crippen MR) is 80.7 cm³/mol. The minimum atomic E-state index is 0. The Balaban J connectivity index is 0. The highest BCUT2D eigenvalue weighted by molar-refractivity contribution is 14.0. The second-order valence-corrected chi connectivity index (χ2v) is 4.19. The van der Waals surface area contributed by atoms with Crippen LogP contribution in [0.25, 0.3) is 0 Å². The van der Waals surface area contributed by atoms with E-state index in [1.165, 1.54) is 0 Å². The first-order valence-corrected chi connectivity index (χ1v) is 5.53. The molecule has 16 heavy (non-hydrogen) atoms. The van der Waals surface area contributed by atoms with Crippen molar-refractivity contribution in [2.24, 2.45) is 10.9 Å². The lowest BCUT2D eigenvalue weighted by Gasteiger charge is -2.16. The van der Waals surface area contributed by atoms with Crippen molar-refractivity contribution in [3.05, 3.63) is 0 Å². The molecule has 0 saturated carbocycles. The van der Waals surface area contributed by atoms with Gasteiger partial charge in [-0.1, -0.05) is 13.8 Å². The Kier molecular flexibility index (Phi) is 13.1. The first-order valence-electron chi connectivity index (χ1n) is 5.53. The number of hydrogen-bond donors (Lipinski definition) is 1. The van der Waals surface area contributed by atoms with Gasteiger partial charge < -0.3 is 15.0 Å². The Morgan fingerprint density at radius 3 is 2.44 bits per heavy atom. The van der Waals surface area contributed by atoms with Crippen molar-refractivity contribution in [3.8, 4) is 0 Å². The molecule has 0 aromatic carbocycles. The fourth-order valence-corrected chi connectivity index (χ4v) is 1.13. The highest BCUT2D eigenvalue weighted by Gasteiger charge is 1.98. The van der Waals surface area contributed by atoms with Gasteiger partial charge in [-0.2, -0.15) is 0 Å². The van der Waals surface area contributed by atoms with Gasteiger partial charge in [0.25, 0.3) is 0 Å². The van der Waals surface area contributed by atoms with Crippen molar-refractivity contribution in [3.63, 3.8) is 0 Å². The normalized spacial score (nSPS) is 11.2. The summed E-state index contributed by atoms with van der Waals surface area (Å²) in [6, 6.07) is 0. The van der Waals surface area contributed by atoms with Crippen molar-refractivity contribution in [1.82, 2.24) is 10.2 Å². The summed E-state index contributed by atoms with van der Waals surface area (Å²) in [5, 5.41) is 3.25. The van der Waals surface area contributed by atoms with Crippen molar-refractivity contribution < 1.29 is 4.74 Å². The Bertz CT molecular complexity index is 184. The second-order valence-electron chi connectivity index (χ2n) is 4.19. The Morgan fingerprint density at radius 2 is 2.00 bits per heavy atom. The fourth-order valence-electron chi connectivity index (χ4n) is 1.13. The average molecular weight is 343 g/mol. The van der Waals surface area contributed by atoms with E-state index in [2.05, 4.69) is 24.2 Å². The van der Waals surface area contributed by atoms with Crippen LogP contribution in [-0.4, -0.2) is 51.8 Å². The first-order chi connectivity index (χ1) is 7.07. The van der Waals surface area contributed by atoms with Crippen molar-refractivity contribution in [2.45, 2.75) is 20.3 Å². The Hall–Kier alpha value is -0.0400. The maximum absolute atomic E-state index is 5.48. The van der Waals surface area contributed by atoms with Crippen molar-refractivity contribution >= 4 is 29.9 Å². The van der Waals surface area contributed by atoms with E-state index < -0.39 is 0 Å². The summed E-state index contributed by atoms with van der Waals surface area (Å²) in [6.45, 7) is 6.89. The molecule has 98 valence electrons. The molecule has 0 fully saturated rings. The fraction of sp³-hybridized carbons (Fsp3) is 0.909. The van der Waals surface area contributed by atoms with Gasteiger partial charge in [0.15, 0.2) is 5.96 Å². The summed E-state index contributed by atoms with van der Waals surface area (Å²) in [5.41, 5.74) is 0. The molecule has 0 radical (unpaired) electrons. The molecule has 0 aliphatic heterocycles. The van der Waals surface area contributed by atoms with Crippen LogP contribution in [0.1, 0.15) is 20.3 Å². The van der Waals surface area contributed by atoms with Crippen LogP contribution in [0.3, 0.4) is 0 Å². The minimum absolute atomic E-state index is 0. The van der Waals surface area contributed by atoms with E-state index in [0.29, 0.717) is 5.92 Å². The number of guanidine groups is 1. The third kappa shape index (κ3) is 10.5. The molecule has 0 bridgehead atoms. The molecule has 0 amide bonds. The molecule has 0 aromatic rings. The van der Waals surface area contributed by atoms with Crippen LogP contribution >= 0.6 is 24.0 Å². The molecular formula is C11H26IN3O. The lowest BCUT2D eigenvalue weighted by molar-refractivity contribution is 0.108. The zero-order chi connectivity index (χ0) is 11.7. The van der Waals surface area contributed by atoms with Gasteiger partial charge in [0.1, 0.15) is 0 Å². The number of ether oxygens (including phenoxy) is 1. The maximum atomic E-state index is 5.48. The zero-order valence-corrected chi connectivity index (χ0v) is 13.4. The van der Waals surface area contributed by atoms with E-state index in [4.69, 9.17) is 4.74 Å². The van der Waals surface area contributed by atoms with Crippen LogP contribution in [0, 0.1) is 5.92 Å². The van der Waals surface area contributed by atoms with Crippen LogP contribution in [-0.2, 0) is 4.74 Å². The third-order valence-electron chi connectivity index (χ3n) is 1.84. The average Bonchev–Trinajstić information content (AvgIpc) is 2.15. The SMILES string of the molecule is CN=C(NCCCOCC(C)C)N(C)C.I. The van der Waals surface area contributed by atoms with Crippen molar-refractivity contribution in [1.29, 1.82) is 0 Å². The number of hydrogen-bond acceptors (Lipinski definition) is 2. The molecule has 0 aliphatic carbocycles. The number of nitrogens with zero attached hydrogens (tertiary/aromatic N) is 2. The molecule has 1 N–H and O–H groups in total. The van der Waals surface area contributed by atoms with Gasteiger partial charge in [-0.3, -0.25) is 4.99 Å². The number of rotatable bonds is 6. The molecule has 0 aromatic heterocycles. The van der Waals surface area contributed by atoms with Crippen LogP contribution in [0.15, 0.2) is 4.99 Å². The summed E-state index contributed by atoms with van der Waals surface area (Å²) < 4.78 is 5.48. The Labute approximate surface area is 117 Å². The predicted octanol–water partition coefficient (Wildman–Crippen LogP) is 1.80. The Morgan fingerprint density at radius 1 is 1.38 bits per heavy atom. The largest absolute Gasteiger partial charge is 0.381 e. The molecule has 0 atom stereocenters. The molecule has 0 saturated heterocycles. The zero-order valence-electron chi connectivity index (χ0n) is 11.1. The monoisotopic (exact) mass is 343 g/mol. The van der Waals surface area contributed by atoms with E-state index in [1.807, 2.05) is 19.0 Å². The topological polar surface area (TPSA) is 36.9 Å². The molecule has 0 unspecified atom stereocenters. The number of halogens is 1. The van der Waals surface area contributed by atoms with Crippen molar-refractivity contribution in [2.75, 3.05) is 40.9 Å². The molecule has 0 heterocycles. The van der Waals surface area contributed by atoms with Gasteiger partial charge in [-0.05, 0) is 12.3 Å². The molecular weight excluding hydrogens is 317 g/mol. The smallest absolute Gasteiger partial charge is 0.193 e. The summed E-state index contributed by atoms with van der Waals surface area (Å²) in [6.07, 6.45) is 1.01. The number of aliphatic imine (C=N–C) groups is 1. The van der Waals surface area contributed by atoms with Gasteiger partial charge in [0.05, 0.1) is 0 Å². The lowest BCUT2D eigenvalue weighted by Crippen LogP contribution is -2.37. The van der Waals surface area contributed by atoms with Crippen LogP contribution in [0.2, 0.25) is 0 Å². The minimum Gasteiger partial charge on any atom is -0.381 e. The molecule has 5 heteroatoms. The van der Waals surface area contributed by atoms with E-state index in [0.717, 1.165) is 32.1 Å². The van der Waals surface area contributed by atoms with E-state index in [-0.39, 0.29) is 24.0 Å². The van der Waals surface area contributed by atoms with E-state index in [9.17, 15) is 0 Å². The van der Waals surface area contributed by atoms with Gasteiger partial charge >= 0.3 is 0 Å². The highest BCUT2D eigenvalue weighted by atomic mass is 127. The van der Waals surface area contributed by atoms with Crippen LogP contribution < -0.4 is 5.32 Å². The van der Waals surface area contributed by atoms with E-state index in [1.54, 1.807) is 7.05 Å². The second kappa shape index (κ2) is 11.4. The lowest BCUT2D eigenvalue weighted by atomic mass is 10.2. The molecule has 0 spiro atoms. The highest BCUT2D eigenvalue weighted by Crippen LogP contribution is 1.92. The molecule has 0 aliphatic rings. The quantitative estimate of drug-likeness (QED) is 0.346. The van der Waals surface area contributed by atoms with Crippen LogP contribution in [0.4, 0.5) is 0 Å². The summed E-state index contributed by atoms with van der Waals surface area (Å²) in [7, 11) is 5.74. The first kappa shape index (κ1) is 18.3. The van der Waals surface area contributed by atoms with Gasteiger partial charge in [-0.15, -0.1) is 24.0 Å². The maximum Gasteiger partial charge on any atom is 0.193 e. The molecule has 4 nitrogen and oxygen atoms in total. The van der Waals surface area contributed by atoms with Gasteiger partial charge in [0, 0.05) is 40.9 Å². The summed E-state index contributed by atoms with van der Waals surface area (Å²) in [4.78, 5) is 6.09. The van der Waals surface area contributed by atoms with E-state index >= 15 is 0 Å². The summed E-state index contributed by atoms with van der Waals surface area (Å²) in [5.74, 6) is 1.53. The van der Waals surface area contributed by atoms with Gasteiger partial charge in [0.2, 0.25) is 0 Å². The summed E-state index contributed by atoms with van der Waals surface area (Å²) >= 11 is 0. The van der Waals surface area contributed by atoms with Crippen LogP contribution in [0.5, 0.6) is 0 Å². The standard InChI is InChI=1S/C11H25N3O.HI/c1-10(2)9-15-8-6-7-13-11(12-3)14(4)5;/h10H,6-9H2,1-5H3,(H,12,13);1H. The number of nitrogens with one attached hydrogen (secondary N) is 1. The molecule has 0 rings (SSSR count). The van der Waals surface area contributed by atoms with Gasteiger partial charge in [-0.25, -0.2) is 0 Å².